The van der Waals surface area contributed by atoms with E-state index in [1.54, 1.807) is 0 Å². The van der Waals surface area contributed by atoms with E-state index < -0.39 is 0 Å². The molecule has 18 heavy (non-hydrogen) atoms. The minimum absolute atomic E-state index is 0.492. The molecule has 0 amide bonds. The van der Waals surface area contributed by atoms with Crippen LogP contribution in [0.3, 0.4) is 0 Å². The van der Waals surface area contributed by atoms with E-state index in [4.69, 9.17) is 0 Å². The standard InChI is InChI=1S/C15H19NSSe/c1-11(2)15(14-13(16-3)9-10-17-14)18-12-7-5-4-6-8-12/h4-11,15-16H,1-3H3. The predicted molar refractivity (Wildman–Crippen MR) is 83.3 cm³/mol. The molecule has 1 nitrogen and oxygen atoms in total. The van der Waals surface area contributed by atoms with Crippen molar-refractivity contribution in [3.8, 4) is 0 Å². The van der Waals surface area contributed by atoms with Crippen LogP contribution in [-0.4, -0.2) is 22.0 Å². The van der Waals surface area contributed by atoms with Crippen LogP contribution in [0.5, 0.6) is 0 Å². The first kappa shape index (κ1) is 13.7. The molecule has 1 heterocycles. The molecular weight excluding hydrogens is 305 g/mol. The summed E-state index contributed by atoms with van der Waals surface area (Å²) in [5.41, 5.74) is 1.30. The average Bonchev–Trinajstić information content (AvgIpc) is 2.84. The van der Waals surface area contributed by atoms with Crippen LogP contribution in [0.4, 0.5) is 5.69 Å². The molecule has 0 saturated carbocycles. The van der Waals surface area contributed by atoms with E-state index in [1.165, 1.54) is 15.0 Å². The summed E-state index contributed by atoms with van der Waals surface area (Å²) >= 11 is 2.37. The zero-order valence-electron chi connectivity index (χ0n) is 11.0. The maximum atomic E-state index is 3.32. The fraction of sp³-hybridized carbons (Fsp3) is 0.333. The molecule has 1 unspecified atom stereocenters. The van der Waals surface area contributed by atoms with Gasteiger partial charge in [-0.2, -0.15) is 0 Å². The summed E-state index contributed by atoms with van der Waals surface area (Å²) < 4.78 is 1.49. The molecule has 0 spiro atoms. The SMILES string of the molecule is CNc1ccsc1C([Se]c1ccccc1)C(C)C. The molecule has 0 radical (unpaired) electrons. The van der Waals surface area contributed by atoms with Crippen LogP contribution in [0, 0.1) is 5.92 Å². The summed E-state index contributed by atoms with van der Waals surface area (Å²) in [7, 11) is 2.01. The Balaban J connectivity index is 2.24. The molecule has 0 aliphatic heterocycles. The van der Waals surface area contributed by atoms with Gasteiger partial charge in [-0.3, -0.25) is 0 Å². The Bertz CT molecular complexity index is 478. The van der Waals surface area contributed by atoms with Gasteiger partial charge in [-0.05, 0) is 0 Å². The first-order chi connectivity index (χ1) is 8.72. The molecule has 0 aliphatic carbocycles. The van der Waals surface area contributed by atoms with Gasteiger partial charge < -0.3 is 0 Å². The number of anilines is 1. The second-order valence-electron chi connectivity index (χ2n) is 4.54. The third-order valence-electron chi connectivity index (χ3n) is 2.83. The number of thiophene rings is 1. The molecule has 0 aliphatic rings. The maximum absolute atomic E-state index is 3.32. The van der Waals surface area contributed by atoms with Gasteiger partial charge in [0, 0.05) is 0 Å². The van der Waals surface area contributed by atoms with Crippen LogP contribution in [0.2, 0.25) is 0 Å². The third kappa shape index (κ3) is 3.17. The molecule has 2 rings (SSSR count). The summed E-state index contributed by atoms with van der Waals surface area (Å²) in [5.74, 6) is 0.677. The summed E-state index contributed by atoms with van der Waals surface area (Å²) in [4.78, 5) is 2.17. The topological polar surface area (TPSA) is 12.0 Å². The van der Waals surface area contributed by atoms with Crippen molar-refractivity contribution in [3.05, 3.63) is 46.7 Å². The number of hydrogen-bond donors (Lipinski definition) is 1. The second-order valence-corrected chi connectivity index (χ2v) is 8.04. The zero-order valence-corrected chi connectivity index (χ0v) is 13.5. The second kappa shape index (κ2) is 6.42. The molecule has 1 atom stereocenters. The summed E-state index contributed by atoms with van der Waals surface area (Å²) in [6, 6.07) is 13.1. The third-order valence-corrected chi connectivity index (χ3v) is 7.48. The van der Waals surface area contributed by atoms with E-state index in [2.05, 4.69) is 60.9 Å². The molecule has 1 N–H and O–H groups in total. The van der Waals surface area contributed by atoms with Gasteiger partial charge in [-0.1, -0.05) is 0 Å². The van der Waals surface area contributed by atoms with Crippen molar-refractivity contribution in [3.63, 3.8) is 0 Å². The van der Waals surface area contributed by atoms with E-state index in [-0.39, 0.29) is 0 Å². The van der Waals surface area contributed by atoms with E-state index >= 15 is 0 Å². The predicted octanol–water partition coefficient (Wildman–Crippen LogP) is 3.52. The van der Waals surface area contributed by atoms with Crippen molar-refractivity contribution in [2.75, 3.05) is 12.4 Å². The van der Waals surface area contributed by atoms with Crippen LogP contribution >= 0.6 is 11.3 Å². The van der Waals surface area contributed by atoms with Gasteiger partial charge in [0.15, 0.2) is 0 Å². The van der Waals surface area contributed by atoms with Crippen molar-refractivity contribution >= 4 is 36.4 Å². The van der Waals surface area contributed by atoms with Crippen molar-refractivity contribution in [2.45, 2.75) is 18.7 Å². The van der Waals surface area contributed by atoms with Gasteiger partial charge in [-0.15, -0.1) is 0 Å². The van der Waals surface area contributed by atoms with Gasteiger partial charge in [0.1, 0.15) is 0 Å². The van der Waals surface area contributed by atoms with Gasteiger partial charge in [-0.25, -0.2) is 0 Å². The van der Waals surface area contributed by atoms with Gasteiger partial charge >= 0.3 is 120 Å². The Kier molecular flexibility index (Phi) is 4.87. The molecular formula is C15H19NSSe. The van der Waals surface area contributed by atoms with Crippen LogP contribution in [-0.2, 0) is 0 Å². The Morgan fingerprint density at radius 3 is 2.44 bits per heavy atom. The van der Waals surface area contributed by atoms with Crippen LogP contribution in [0.15, 0.2) is 41.8 Å². The first-order valence-electron chi connectivity index (χ1n) is 6.19. The van der Waals surface area contributed by atoms with Crippen molar-refractivity contribution in [2.24, 2.45) is 5.92 Å². The Hall–Kier alpha value is -0.761. The minimum atomic E-state index is 0.492. The molecule has 96 valence electrons. The molecule has 0 fully saturated rings. The molecule has 0 bridgehead atoms. The summed E-state index contributed by atoms with van der Waals surface area (Å²) in [5, 5.41) is 5.51. The number of hydrogen-bond acceptors (Lipinski definition) is 2. The van der Waals surface area contributed by atoms with E-state index in [9.17, 15) is 0 Å². The molecule has 3 heteroatoms. The number of benzene rings is 1. The number of rotatable bonds is 5. The Morgan fingerprint density at radius 2 is 1.83 bits per heavy atom. The van der Waals surface area contributed by atoms with E-state index in [0.29, 0.717) is 25.7 Å². The van der Waals surface area contributed by atoms with Gasteiger partial charge in [0.05, 0.1) is 0 Å². The quantitative estimate of drug-likeness (QED) is 0.830. The first-order valence-corrected chi connectivity index (χ1v) is 8.91. The molecule has 1 aromatic heterocycles. The van der Waals surface area contributed by atoms with Gasteiger partial charge in [0.2, 0.25) is 0 Å². The molecule has 1 aromatic carbocycles. The number of nitrogens with one attached hydrogen (secondary N) is 1. The van der Waals surface area contributed by atoms with Crippen molar-refractivity contribution in [1.29, 1.82) is 0 Å². The fourth-order valence-corrected chi connectivity index (χ4v) is 5.88. The van der Waals surface area contributed by atoms with Crippen LogP contribution in [0.25, 0.3) is 0 Å². The zero-order chi connectivity index (χ0) is 13.0. The van der Waals surface area contributed by atoms with Crippen molar-refractivity contribution < 1.29 is 0 Å². The van der Waals surface area contributed by atoms with Crippen LogP contribution < -0.4 is 9.78 Å². The normalized spacial score (nSPS) is 12.7. The molecule has 2 aromatic rings. The van der Waals surface area contributed by atoms with Crippen molar-refractivity contribution in [1.82, 2.24) is 0 Å². The fourth-order valence-electron chi connectivity index (χ4n) is 1.89. The Labute approximate surface area is 120 Å². The average molecular weight is 324 g/mol. The Morgan fingerprint density at radius 1 is 1.11 bits per heavy atom. The van der Waals surface area contributed by atoms with E-state index in [0.717, 1.165) is 0 Å². The van der Waals surface area contributed by atoms with Crippen LogP contribution in [0.1, 0.15) is 23.5 Å². The monoisotopic (exact) mass is 325 g/mol. The summed E-state index contributed by atoms with van der Waals surface area (Å²) in [6.45, 7) is 4.66. The molecule has 0 saturated heterocycles. The van der Waals surface area contributed by atoms with E-state index in [1.807, 2.05) is 18.4 Å². The summed E-state index contributed by atoms with van der Waals surface area (Å²) in [6.07, 6.45) is 0. The van der Waals surface area contributed by atoms with Gasteiger partial charge in [0.25, 0.3) is 0 Å².